The minimum Gasteiger partial charge on any atom is -0.352 e. The summed E-state index contributed by atoms with van der Waals surface area (Å²) in [6, 6.07) is 22.7. The summed E-state index contributed by atoms with van der Waals surface area (Å²) in [6.45, 7) is -0.351. The highest BCUT2D eigenvalue weighted by atomic mass is 79.9. The van der Waals surface area contributed by atoms with Crippen molar-refractivity contribution in [3.05, 3.63) is 99.5 Å². The summed E-state index contributed by atoms with van der Waals surface area (Å²) < 4.78 is 27.7. The maximum absolute atomic E-state index is 14.2. The predicted octanol–water partition coefficient (Wildman–Crippen LogP) is 5.96. The summed E-state index contributed by atoms with van der Waals surface area (Å²) in [5, 5.41) is 3.55. The minimum absolute atomic E-state index is 0.0522. The molecule has 0 bridgehead atoms. The molecule has 41 heavy (non-hydrogen) atoms. The van der Waals surface area contributed by atoms with E-state index in [9.17, 15) is 18.0 Å². The maximum Gasteiger partial charge on any atom is 0.244 e. The molecule has 0 heterocycles. The van der Waals surface area contributed by atoms with E-state index >= 15 is 0 Å². The van der Waals surface area contributed by atoms with Crippen LogP contribution in [-0.4, -0.2) is 50.0 Å². The highest BCUT2D eigenvalue weighted by Crippen LogP contribution is 2.24. The summed E-state index contributed by atoms with van der Waals surface area (Å²) in [5.74, 6) is -0.729. The van der Waals surface area contributed by atoms with Crippen molar-refractivity contribution in [2.75, 3.05) is 17.1 Å². The van der Waals surface area contributed by atoms with E-state index in [0.717, 1.165) is 58.3 Å². The fraction of sp³-hybridized carbons (Fsp3) is 0.355. The largest absolute Gasteiger partial charge is 0.352 e. The van der Waals surface area contributed by atoms with Crippen LogP contribution in [0.3, 0.4) is 0 Å². The van der Waals surface area contributed by atoms with Gasteiger partial charge in [-0.3, -0.25) is 13.9 Å². The number of benzene rings is 3. The van der Waals surface area contributed by atoms with Gasteiger partial charge in [-0.25, -0.2) is 8.42 Å². The number of hydrogen-bond acceptors (Lipinski definition) is 4. The molecular weight excluding hydrogens is 626 g/mol. The number of nitrogens with zero attached hydrogens (tertiary/aromatic N) is 2. The Labute approximate surface area is 256 Å². The fourth-order valence-electron chi connectivity index (χ4n) is 5.18. The molecule has 1 fully saturated rings. The number of amides is 2. The van der Waals surface area contributed by atoms with Crippen LogP contribution in [0.25, 0.3) is 0 Å². The summed E-state index contributed by atoms with van der Waals surface area (Å²) in [4.78, 5) is 29.6. The van der Waals surface area contributed by atoms with Crippen molar-refractivity contribution < 1.29 is 18.0 Å². The average Bonchev–Trinajstić information content (AvgIpc) is 2.94. The van der Waals surface area contributed by atoms with E-state index in [4.69, 9.17) is 11.6 Å². The number of hydrogen-bond donors (Lipinski definition) is 1. The van der Waals surface area contributed by atoms with E-state index in [1.165, 1.54) is 11.0 Å². The lowest BCUT2D eigenvalue weighted by Gasteiger charge is -2.35. The number of anilines is 1. The normalized spacial score (nSPS) is 14.7. The summed E-state index contributed by atoms with van der Waals surface area (Å²) >= 11 is 9.66. The third kappa shape index (κ3) is 9.05. The van der Waals surface area contributed by atoms with Crippen molar-refractivity contribution in [3.63, 3.8) is 0 Å². The second kappa shape index (κ2) is 14.3. The Morgan fingerprint density at radius 3 is 2.29 bits per heavy atom. The second-order valence-corrected chi connectivity index (χ2v) is 13.7. The predicted molar refractivity (Wildman–Crippen MR) is 167 cm³/mol. The van der Waals surface area contributed by atoms with Gasteiger partial charge in [0.2, 0.25) is 21.8 Å². The van der Waals surface area contributed by atoms with Crippen LogP contribution in [-0.2, 0) is 32.6 Å². The van der Waals surface area contributed by atoms with Crippen molar-refractivity contribution in [2.24, 2.45) is 0 Å². The van der Waals surface area contributed by atoms with Gasteiger partial charge in [-0.15, -0.1) is 0 Å². The molecule has 1 saturated carbocycles. The Kier molecular flexibility index (Phi) is 10.9. The molecule has 3 aromatic rings. The van der Waals surface area contributed by atoms with E-state index < -0.39 is 28.5 Å². The SMILES string of the molecule is CS(=O)(=O)N(CC(=O)N(Cc1cccc(Br)c1)[C@@H](Cc1ccccc1)C(=O)NC1CCCCC1)c1cccc(Cl)c1. The van der Waals surface area contributed by atoms with Crippen molar-refractivity contribution in [1.82, 2.24) is 10.2 Å². The molecule has 0 aromatic heterocycles. The summed E-state index contributed by atoms with van der Waals surface area (Å²) in [7, 11) is -3.85. The van der Waals surface area contributed by atoms with Crippen LogP contribution < -0.4 is 9.62 Å². The van der Waals surface area contributed by atoms with Gasteiger partial charge in [-0.2, -0.15) is 0 Å². The number of rotatable bonds is 11. The van der Waals surface area contributed by atoms with Gasteiger partial charge in [-0.1, -0.05) is 95.3 Å². The second-order valence-electron chi connectivity index (χ2n) is 10.5. The molecule has 4 rings (SSSR count). The van der Waals surface area contributed by atoms with E-state index in [-0.39, 0.29) is 30.6 Å². The van der Waals surface area contributed by atoms with Gasteiger partial charge < -0.3 is 10.2 Å². The van der Waals surface area contributed by atoms with E-state index in [0.29, 0.717) is 5.02 Å². The van der Waals surface area contributed by atoms with Gasteiger partial charge in [0.05, 0.1) is 11.9 Å². The first-order valence-corrected chi connectivity index (χ1v) is 16.7. The van der Waals surface area contributed by atoms with Crippen LogP contribution >= 0.6 is 27.5 Å². The topological polar surface area (TPSA) is 86.8 Å². The Bertz CT molecular complexity index is 1450. The molecule has 218 valence electrons. The van der Waals surface area contributed by atoms with Gasteiger partial charge in [-0.05, 0) is 54.3 Å². The zero-order valence-corrected chi connectivity index (χ0v) is 26.2. The van der Waals surface area contributed by atoms with Crippen LogP contribution in [0.5, 0.6) is 0 Å². The highest BCUT2D eigenvalue weighted by molar-refractivity contribution is 9.10. The lowest BCUT2D eigenvalue weighted by molar-refractivity contribution is -0.140. The number of carbonyl (C=O) groups is 2. The molecule has 0 radical (unpaired) electrons. The first kappa shape index (κ1) is 31.1. The molecule has 1 N–H and O–H groups in total. The van der Waals surface area contributed by atoms with Gasteiger partial charge in [0.15, 0.2) is 0 Å². The molecular formula is C31H35BrClN3O4S. The zero-order valence-electron chi connectivity index (χ0n) is 23.0. The van der Waals surface area contributed by atoms with Crippen molar-refractivity contribution >= 4 is 55.1 Å². The number of nitrogens with one attached hydrogen (secondary N) is 1. The first-order chi connectivity index (χ1) is 19.6. The van der Waals surface area contributed by atoms with Crippen LogP contribution in [0.1, 0.15) is 43.2 Å². The number of carbonyl (C=O) groups excluding carboxylic acids is 2. The van der Waals surface area contributed by atoms with Crippen molar-refractivity contribution in [3.8, 4) is 0 Å². The molecule has 2 amide bonds. The van der Waals surface area contributed by atoms with E-state index in [2.05, 4.69) is 21.2 Å². The fourth-order valence-corrected chi connectivity index (χ4v) is 6.65. The molecule has 0 unspecified atom stereocenters. The standard InChI is InChI=1S/C31H35BrClN3O4S/c1-41(39,40)36(28-17-9-14-26(33)20-28)22-30(37)35(21-24-12-8-13-25(32)18-24)29(19-23-10-4-2-5-11-23)31(38)34-27-15-6-3-7-16-27/h2,4-5,8-14,17-18,20,27,29H,3,6-7,15-16,19,21-22H2,1H3,(H,34,38)/t29-/m0/s1. The molecule has 0 aliphatic heterocycles. The van der Waals surface area contributed by atoms with Crippen LogP contribution in [0, 0.1) is 0 Å². The van der Waals surface area contributed by atoms with E-state index in [1.54, 1.807) is 18.2 Å². The molecule has 1 aliphatic rings. The van der Waals surface area contributed by atoms with Crippen molar-refractivity contribution in [1.29, 1.82) is 0 Å². The van der Waals surface area contributed by atoms with Gasteiger partial charge >= 0.3 is 0 Å². The smallest absolute Gasteiger partial charge is 0.244 e. The van der Waals surface area contributed by atoms with Crippen LogP contribution in [0.15, 0.2) is 83.3 Å². The van der Waals surface area contributed by atoms with Crippen LogP contribution in [0.4, 0.5) is 5.69 Å². The molecule has 7 nitrogen and oxygen atoms in total. The zero-order chi connectivity index (χ0) is 29.4. The molecule has 1 atom stereocenters. The quantitative estimate of drug-likeness (QED) is 0.275. The lowest BCUT2D eigenvalue weighted by atomic mass is 9.94. The lowest BCUT2D eigenvalue weighted by Crippen LogP contribution is -2.55. The highest BCUT2D eigenvalue weighted by Gasteiger charge is 2.34. The minimum atomic E-state index is -3.85. The van der Waals surface area contributed by atoms with Crippen molar-refractivity contribution in [2.45, 2.75) is 57.2 Å². The molecule has 3 aromatic carbocycles. The Morgan fingerprint density at radius 2 is 1.63 bits per heavy atom. The maximum atomic E-state index is 14.2. The summed E-state index contributed by atoms with van der Waals surface area (Å²) in [6.07, 6.45) is 6.40. The third-order valence-corrected chi connectivity index (χ3v) is 9.11. The number of halogens is 2. The third-order valence-electron chi connectivity index (χ3n) is 7.24. The molecule has 10 heteroatoms. The summed E-state index contributed by atoms with van der Waals surface area (Å²) in [5.41, 5.74) is 1.99. The number of sulfonamides is 1. The molecule has 0 spiro atoms. The monoisotopic (exact) mass is 659 g/mol. The van der Waals surface area contributed by atoms with E-state index in [1.807, 2.05) is 54.6 Å². The van der Waals surface area contributed by atoms with Gasteiger partial charge in [0.25, 0.3) is 0 Å². The molecule has 0 saturated heterocycles. The van der Waals surface area contributed by atoms with Gasteiger partial charge in [0, 0.05) is 28.5 Å². The Morgan fingerprint density at radius 1 is 0.951 bits per heavy atom. The first-order valence-electron chi connectivity index (χ1n) is 13.7. The van der Waals surface area contributed by atoms with Gasteiger partial charge in [0.1, 0.15) is 12.6 Å². The Hall–Kier alpha value is -2.88. The average molecular weight is 661 g/mol. The van der Waals surface area contributed by atoms with Crippen LogP contribution in [0.2, 0.25) is 5.02 Å². The molecule has 1 aliphatic carbocycles. The Balaban J connectivity index is 1.72.